The van der Waals surface area contributed by atoms with Crippen LogP contribution in [0.4, 0.5) is 0 Å². The van der Waals surface area contributed by atoms with Gasteiger partial charge in [-0.25, -0.2) is 0 Å². The van der Waals surface area contributed by atoms with Gasteiger partial charge in [-0.05, 0) is 48.2 Å². The average Bonchev–Trinajstić information content (AvgIpc) is 3.27. The first kappa shape index (κ1) is 19.7. The Morgan fingerprint density at radius 3 is 2.62 bits per heavy atom. The van der Waals surface area contributed by atoms with Gasteiger partial charge in [-0.3, -0.25) is 0 Å². The molecule has 2 unspecified atom stereocenters. The molecule has 4 rings (SSSR count). The molecule has 5 heteroatoms. The number of nitrogens with zero attached hydrogens (tertiary/aromatic N) is 1. The van der Waals surface area contributed by atoms with Crippen LogP contribution < -0.4 is 11.1 Å². The largest absolute Gasteiger partial charge is 0.326 e. The maximum atomic E-state index is 6.09. The number of hydrogen-bond donors (Lipinski definition) is 2. The predicted octanol–water partition coefficient (Wildman–Crippen LogP) is 3.91. The van der Waals surface area contributed by atoms with Crippen LogP contribution in [0.5, 0.6) is 0 Å². The maximum absolute atomic E-state index is 6.09. The molecule has 3 N–H and O–H groups in total. The van der Waals surface area contributed by atoms with Gasteiger partial charge in [-0.15, -0.1) is 12.4 Å². The highest BCUT2D eigenvalue weighted by Crippen LogP contribution is 2.41. The third kappa shape index (κ3) is 4.79. The first-order valence-corrected chi connectivity index (χ1v) is 9.64. The molecule has 26 heavy (non-hydrogen) atoms. The summed E-state index contributed by atoms with van der Waals surface area (Å²) in [6.07, 6.45) is 2.39. The van der Waals surface area contributed by atoms with E-state index in [9.17, 15) is 0 Å². The number of hydrogen-bond acceptors (Lipinski definition) is 3. The zero-order valence-corrected chi connectivity index (χ0v) is 16.5. The summed E-state index contributed by atoms with van der Waals surface area (Å²) in [5, 5.41) is 4.48. The van der Waals surface area contributed by atoms with Crippen LogP contribution in [0.2, 0.25) is 5.02 Å². The molecule has 0 radical (unpaired) electrons. The average molecular weight is 392 g/mol. The van der Waals surface area contributed by atoms with Gasteiger partial charge in [-0.2, -0.15) is 0 Å². The molecule has 2 fully saturated rings. The summed E-state index contributed by atoms with van der Waals surface area (Å²) in [7, 11) is 0. The molecule has 0 aromatic heterocycles. The molecule has 1 aliphatic heterocycles. The molecule has 0 bridgehead atoms. The monoisotopic (exact) mass is 391 g/mol. The Labute approximate surface area is 167 Å². The van der Waals surface area contributed by atoms with Crippen molar-refractivity contribution in [1.82, 2.24) is 10.2 Å². The normalized spacial score (nSPS) is 25.1. The molecule has 1 saturated heterocycles. The molecule has 0 spiro atoms. The lowest BCUT2D eigenvalue weighted by atomic mass is 10.0. The quantitative estimate of drug-likeness (QED) is 0.783. The zero-order valence-electron chi connectivity index (χ0n) is 14.9. The fraction of sp³-hybridized carbons (Fsp3) is 0.429. The van der Waals surface area contributed by atoms with Crippen molar-refractivity contribution in [1.29, 1.82) is 0 Å². The van der Waals surface area contributed by atoms with Crippen LogP contribution in [-0.2, 0) is 0 Å². The summed E-state index contributed by atoms with van der Waals surface area (Å²) in [5.41, 5.74) is 9.79. The topological polar surface area (TPSA) is 41.3 Å². The third-order valence-electron chi connectivity index (χ3n) is 5.43. The highest BCUT2D eigenvalue weighted by atomic mass is 35.5. The first-order chi connectivity index (χ1) is 12.2. The van der Waals surface area contributed by atoms with Crippen LogP contribution in [-0.4, -0.2) is 43.2 Å². The number of nitrogens with one attached hydrogen (secondary N) is 1. The van der Waals surface area contributed by atoms with Crippen LogP contribution in [0.1, 0.15) is 24.3 Å². The lowest BCUT2D eigenvalue weighted by molar-refractivity contribution is 0.331. The van der Waals surface area contributed by atoms with Gasteiger partial charge < -0.3 is 16.0 Å². The van der Waals surface area contributed by atoms with Crippen molar-refractivity contribution < 1.29 is 0 Å². The van der Waals surface area contributed by atoms with Crippen molar-refractivity contribution in [3.63, 3.8) is 0 Å². The van der Waals surface area contributed by atoms with Crippen LogP contribution in [0.25, 0.3) is 11.1 Å². The van der Waals surface area contributed by atoms with Crippen molar-refractivity contribution in [3.8, 4) is 11.1 Å². The summed E-state index contributed by atoms with van der Waals surface area (Å²) >= 11 is 6.09. The van der Waals surface area contributed by atoms with E-state index in [0.717, 1.165) is 37.6 Å². The fourth-order valence-corrected chi connectivity index (χ4v) is 4.04. The van der Waals surface area contributed by atoms with Gasteiger partial charge in [0.15, 0.2) is 0 Å². The van der Waals surface area contributed by atoms with Crippen molar-refractivity contribution in [2.45, 2.75) is 30.8 Å². The summed E-state index contributed by atoms with van der Waals surface area (Å²) in [4.78, 5) is 2.47. The second-order valence-corrected chi connectivity index (χ2v) is 7.82. The Morgan fingerprint density at radius 1 is 1.12 bits per heavy atom. The summed E-state index contributed by atoms with van der Waals surface area (Å²) in [6, 6.07) is 18.0. The van der Waals surface area contributed by atoms with Crippen LogP contribution in [0.15, 0.2) is 48.5 Å². The summed E-state index contributed by atoms with van der Waals surface area (Å²) in [5.74, 6) is 0.661. The third-order valence-corrected chi connectivity index (χ3v) is 5.67. The Balaban J connectivity index is 0.00000196. The number of benzene rings is 2. The van der Waals surface area contributed by atoms with Crippen LogP contribution in [0, 0.1) is 0 Å². The number of halogens is 2. The minimum absolute atomic E-state index is 0. The Kier molecular flexibility index (Phi) is 6.60. The number of likely N-dealkylation sites (tertiary alicyclic amines) is 1. The van der Waals surface area contributed by atoms with E-state index in [1.165, 1.54) is 23.1 Å². The van der Waals surface area contributed by atoms with E-state index in [1.807, 2.05) is 18.2 Å². The molecule has 3 nitrogen and oxygen atoms in total. The van der Waals surface area contributed by atoms with Gasteiger partial charge in [-0.1, -0.05) is 48.0 Å². The molecule has 2 aromatic carbocycles. The van der Waals surface area contributed by atoms with Gasteiger partial charge in [0.2, 0.25) is 0 Å². The van der Waals surface area contributed by atoms with Gasteiger partial charge in [0, 0.05) is 42.7 Å². The van der Waals surface area contributed by atoms with E-state index in [2.05, 4.69) is 40.5 Å². The summed E-state index contributed by atoms with van der Waals surface area (Å²) in [6.45, 7) is 4.39. The Morgan fingerprint density at radius 2 is 1.92 bits per heavy atom. The van der Waals surface area contributed by atoms with E-state index >= 15 is 0 Å². The maximum Gasteiger partial charge on any atom is 0.0412 e. The minimum Gasteiger partial charge on any atom is -0.326 e. The molecule has 1 heterocycles. The highest BCUT2D eigenvalue weighted by Gasteiger charge is 2.37. The molecule has 2 aromatic rings. The lowest BCUT2D eigenvalue weighted by Crippen LogP contribution is -2.33. The number of nitrogens with two attached hydrogens (primary N) is 1. The molecule has 1 saturated carbocycles. The lowest BCUT2D eigenvalue weighted by Gasteiger charge is -2.15. The van der Waals surface area contributed by atoms with Crippen molar-refractivity contribution in [2.75, 3.05) is 26.2 Å². The number of rotatable bonds is 6. The second-order valence-electron chi connectivity index (χ2n) is 7.38. The zero-order chi connectivity index (χ0) is 17.2. The minimum atomic E-state index is 0. The molecule has 140 valence electrons. The van der Waals surface area contributed by atoms with Crippen molar-refractivity contribution >= 4 is 24.0 Å². The standard InChI is InChI=1S/C21H26ClN3.ClH/c22-18-3-1-2-17(12-18)15-4-6-16(7-5-15)20-13-21(20)24-9-11-25-10-8-19(23)14-25;/h1-7,12,19-21,24H,8-11,13-14,23H2;1H/t19-,20?,21?;/m1./s1. The Hall–Kier alpha value is -1.10. The van der Waals surface area contributed by atoms with Crippen molar-refractivity contribution in [3.05, 3.63) is 59.1 Å². The van der Waals surface area contributed by atoms with Gasteiger partial charge in [0.05, 0.1) is 0 Å². The van der Waals surface area contributed by atoms with Crippen LogP contribution >= 0.6 is 24.0 Å². The summed E-state index contributed by atoms with van der Waals surface area (Å²) < 4.78 is 0. The molecule has 1 aliphatic carbocycles. The molecule has 0 amide bonds. The van der Waals surface area contributed by atoms with Gasteiger partial charge >= 0.3 is 0 Å². The second kappa shape index (κ2) is 8.73. The SMILES string of the molecule is Cl.N[C@@H]1CCN(CCNC2CC2c2ccc(-c3cccc(Cl)c3)cc2)C1. The van der Waals surface area contributed by atoms with Crippen molar-refractivity contribution in [2.24, 2.45) is 5.73 Å². The van der Waals surface area contributed by atoms with E-state index in [4.69, 9.17) is 17.3 Å². The molecule has 2 aliphatic rings. The predicted molar refractivity (Wildman–Crippen MR) is 112 cm³/mol. The first-order valence-electron chi connectivity index (χ1n) is 9.26. The van der Waals surface area contributed by atoms with E-state index in [1.54, 1.807) is 0 Å². The van der Waals surface area contributed by atoms with Gasteiger partial charge in [0.25, 0.3) is 0 Å². The van der Waals surface area contributed by atoms with E-state index in [0.29, 0.717) is 18.0 Å². The highest BCUT2D eigenvalue weighted by molar-refractivity contribution is 6.30. The smallest absolute Gasteiger partial charge is 0.0412 e. The van der Waals surface area contributed by atoms with E-state index < -0.39 is 0 Å². The molecular weight excluding hydrogens is 365 g/mol. The van der Waals surface area contributed by atoms with E-state index in [-0.39, 0.29) is 12.4 Å². The molecular formula is C21H27Cl2N3. The fourth-order valence-electron chi connectivity index (χ4n) is 3.85. The Bertz CT molecular complexity index is 719. The van der Waals surface area contributed by atoms with Crippen LogP contribution in [0.3, 0.4) is 0 Å². The molecule has 3 atom stereocenters. The van der Waals surface area contributed by atoms with Gasteiger partial charge in [0.1, 0.15) is 0 Å².